The van der Waals surface area contributed by atoms with Crippen molar-refractivity contribution in [3.8, 4) is 0 Å². The van der Waals surface area contributed by atoms with Crippen LogP contribution in [0.25, 0.3) is 0 Å². The normalized spacial score (nSPS) is 17.8. The molecular weight excluding hydrogens is 182 g/mol. The van der Waals surface area contributed by atoms with Crippen molar-refractivity contribution in [3.05, 3.63) is 47.2 Å². The number of aliphatic hydroxyl groups excluding tert-OH is 1. The van der Waals surface area contributed by atoms with Gasteiger partial charge in [0.2, 0.25) is 0 Å². The minimum Gasteiger partial charge on any atom is -0.505 e. The van der Waals surface area contributed by atoms with E-state index in [0.717, 1.165) is 16.2 Å². The summed E-state index contributed by atoms with van der Waals surface area (Å²) >= 11 is 1.54. The summed E-state index contributed by atoms with van der Waals surface area (Å²) in [5, 5.41) is 9.76. The van der Waals surface area contributed by atoms with Gasteiger partial charge in [-0.05, 0) is 18.9 Å². The molecule has 0 fully saturated rings. The van der Waals surface area contributed by atoms with Crippen LogP contribution < -0.4 is 0 Å². The maximum Gasteiger partial charge on any atom is 0.143 e. The minimum absolute atomic E-state index is 0.283. The topological polar surface area (TPSA) is 23.5 Å². The van der Waals surface area contributed by atoms with Gasteiger partial charge in [-0.15, -0.1) is 0 Å². The molecule has 1 aliphatic rings. The van der Waals surface area contributed by atoms with Crippen LogP contribution in [-0.4, -0.2) is 16.5 Å². The molecule has 0 aromatic rings. The molecule has 3 heteroatoms. The Balaban J connectivity index is 3.24. The summed E-state index contributed by atoms with van der Waals surface area (Å²) in [7, 11) is 1.90. The summed E-state index contributed by atoms with van der Waals surface area (Å²) in [5.41, 5.74) is 1.60. The van der Waals surface area contributed by atoms with Gasteiger partial charge in [-0.1, -0.05) is 25.3 Å². The third kappa shape index (κ3) is 1.65. The predicted octanol–water partition coefficient (Wildman–Crippen LogP) is 3.00. The van der Waals surface area contributed by atoms with E-state index in [1.165, 1.54) is 11.9 Å². The zero-order valence-electron chi connectivity index (χ0n) is 7.87. The number of nitrogens with zero attached hydrogens (tertiary/aromatic N) is 1. The molecule has 2 nitrogen and oxygen atoms in total. The van der Waals surface area contributed by atoms with Crippen LogP contribution in [0.2, 0.25) is 0 Å². The monoisotopic (exact) mass is 195 g/mol. The highest BCUT2D eigenvalue weighted by Crippen LogP contribution is 2.36. The van der Waals surface area contributed by atoms with E-state index >= 15 is 0 Å². The van der Waals surface area contributed by atoms with E-state index in [1.807, 2.05) is 18.3 Å². The lowest BCUT2D eigenvalue weighted by Crippen LogP contribution is -2.14. The minimum atomic E-state index is 0.283. The third-order valence-electron chi connectivity index (χ3n) is 1.96. The van der Waals surface area contributed by atoms with Crippen LogP contribution in [0.1, 0.15) is 6.92 Å². The third-order valence-corrected chi connectivity index (χ3v) is 3.09. The largest absolute Gasteiger partial charge is 0.505 e. The van der Waals surface area contributed by atoms with E-state index in [-0.39, 0.29) is 5.76 Å². The van der Waals surface area contributed by atoms with E-state index in [0.29, 0.717) is 0 Å². The van der Waals surface area contributed by atoms with Gasteiger partial charge < -0.3 is 9.41 Å². The average molecular weight is 195 g/mol. The molecule has 0 aromatic heterocycles. The van der Waals surface area contributed by atoms with Crippen LogP contribution in [0.5, 0.6) is 0 Å². The number of rotatable bonds is 2. The first-order chi connectivity index (χ1) is 6.11. The number of aliphatic hydroxyl groups is 1. The molecule has 0 radical (unpaired) electrons. The molecule has 1 aliphatic heterocycles. The van der Waals surface area contributed by atoms with Gasteiger partial charge in [0, 0.05) is 17.5 Å². The van der Waals surface area contributed by atoms with E-state index in [4.69, 9.17) is 0 Å². The zero-order valence-corrected chi connectivity index (χ0v) is 8.69. The molecule has 1 N–H and O–H groups in total. The Labute approximate surface area is 83.1 Å². The lowest BCUT2D eigenvalue weighted by atomic mass is 10.1. The molecule has 70 valence electrons. The quantitative estimate of drug-likeness (QED) is 0.685. The number of hydrogen-bond donors (Lipinski definition) is 1. The van der Waals surface area contributed by atoms with Crippen LogP contribution in [-0.2, 0) is 0 Å². The molecule has 0 unspecified atom stereocenters. The maximum atomic E-state index is 9.76. The molecule has 0 atom stereocenters. The summed E-state index contributed by atoms with van der Waals surface area (Å²) < 4.78 is 1.90. The molecule has 1 rings (SSSR count). The van der Waals surface area contributed by atoms with Gasteiger partial charge in [-0.3, -0.25) is 0 Å². The standard InChI is InChI=1S/C10H13NOS/c1-5-8-9(6-2)13-11(4)7(3)10(8)12/h5-6,12H,1-2H2,3-4H3. The van der Waals surface area contributed by atoms with Crippen molar-refractivity contribution in [2.45, 2.75) is 6.92 Å². The van der Waals surface area contributed by atoms with E-state index in [1.54, 1.807) is 12.2 Å². The first kappa shape index (κ1) is 9.99. The van der Waals surface area contributed by atoms with Crippen molar-refractivity contribution in [2.75, 3.05) is 7.05 Å². The fourth-order valence-electron chi connectivity index (χ4n) is 1.07. The number of hydrogen-bond acceptors (Lipinski definition) is 3. The van der Waals surface area contributed by atoms with Gasteiger partial charge in [0.25, 0.3) is 0 Å². The van der Waals surface area contributed by atoms with Crippen molar-refractivity contribution >= 4 is 11.9 Å². The Morgan fingerprint density at radius 1 is 1.38 bits per heavy atom. The Morgan fingerprint density at radius 3 is 2.46 bits per heavy atom. The van der Waals surface area contributed by atoms with Gasteiger partial charge in [-0.2, -0.15) is 0 Å². The summed E-state index contributed by atoms with van der Waals surface area (Å²) in [6.07, 6.45) is 3.37. The van der Waals surface area contributed by atoms with E-state index in [9.17, 15) is 5.11 Å². The molecule has 0 spiro atoms. The van der Waals surface area contributed by atoms with E-state index < -0.39 is 0 Å². The van der Waals surface area contributed by atoms with Crippen LogP contribution >= 0.6 is 11.9 Å². The van der Waals surface area contributed by atoms with Crippen molar-refractivity contribution in [1.82, 2.24) is 4.31 Å². The van der Waals surface area contributed by atoms with Crippen LogP contribution in [0.4, 0.5) is 0 Å². The summed E-state index contributed by atoms with van der Waals surface area (Å²) in [5.74, 6) is 0.283. The van der Waals surface area contributed by atoms with Crippen molar-refractivity contribution in [1.29, 1.82) is 0 Å². The predicted molar refractivity (Wildman–Crippen MR) is 58.1 cm³/mol. The maximum absolute atomic E-state index is 9.76. The Hall–Kier alpha value is -1.09. The molecule has 0 bridgehead atoms. The second-order valence-electron chi connectivity index (χ2n) is 2.71. The lowest BCUT2D eigenvalue weighted by molar-refractivity contribution is 0.402. The fraction of sp³-hybridized carbons (Fsp3) is 0.200. The van der Waals surface area contributed by atoms with Crippen molar-refractivity contribution < 1.29 is 5.11 Å². The fourth-order valence-corrected chi connectivity index (χ4v) is 1.94. The molecule has 13 heavy (non-hydrogen) atoms. The molecular formula is C10H13NOS. The van der Waals surface area contributed by atoms with Gasteiger partial charge in [0.15, 0.2) is 0 Å². The summed E-state index contributed by atoms with van der Waals surface area (Å²) in [6, 6.07) is 0. The summed E-state index contributed by atoms with van der Waals surface area (Å²) in [6.45, 7) is 9.22. The molecule has 0 saturated carbocycles. The number of allylic oxidation sites excluding steroid dienone is 3. The highest BCUT2D eigenvalue weighted by atomic mass is 32.2. The second-order valence-corrected chi connectivity index (χ2v) is 3.88. The van der Waals surface area contributed by atoms with Gasteiger partial charge >= 0.3 is 0 Å². The van der Waals surface area contributed by atoms with Crippen molar-refractivity contribution in [3.63, 3.8) is 0 Å². The first-order valence-electron chi connectivity index (χ1n) is 3.92. The highest BCUT2D eigenvalue weighted by Gasteiger charge is 2.19. The Bertz CT molecular complexity index is 315. The Morgan fingerprint density at radius 2 is 2.00 bits per heavy atom. The van der Waals surface area contributed by atoms with Crippen molar-refractivity contribution in [2.24, 2.45) is 0 Å². The van der Waals surface area contributed by atoms with Gasteiger partial charge in [0.1, 0.15) is 5.76 Å². The molecule has 0 amide bonds. The van der Waals surface area contributed by atoms with Gasteiger partial charge in [-0.25, -0.2) is 0 Å². The molecule has 0 aromatic carbocycles. The van der Waals surface area contributed by atoms with Crippen LogP contribution in [0.15, 0.2) is 47.2 Å². The van der Waals surface area contributed by atoms with E-state index in [2.05, 4.69) is 13.2 Å². The van der Waals surface area contributed by atoms with Crippen LogP contribution in [0, 0.1) is 0 Å². The summed E-state index contributed by atoms with van der Waals surface area (Å²) in [4.78, 5) is 0.931. The zero-order chi connectivity index (χ0) is 10.0. The van der Waals surface area contributed by atoms with Crippen LogP contribution in [0.3, 0.4) is 0 Å². The average Bonchev–Trinajstić information content (AvgIpc) is 2.13. The lowest BCUT2D eigenvalue weighted by Gasteiger charge is -2.26. The first-order valence-corrected chi connectivity index (χ1v) is 4.70. The highest BCUT2D eigenvalue weighted by molar-refractivity contribution is 8.01. The van der Waals surface area contributed by atoms with Gasteiger partial charge in [0.05, 0.1) is 5.70 Å². The molecule has 0 aliphatic carbocycles. The Kier molecular flexibility index (Phi) is 2.88. The smallest absolute Gasteiger partial charge is 0.143 e. The second kappa shape index (κ2) is 3.75. The molecule has 0 saturated heterocycles. The SMILES string of the molecule is C=CC1=C(C=C)C(O)=C(C)N(C)S1. The molecule has 1 heterocycles.